The van der Waals surface area contributed by atoms with Gasteiger partial charge in [-0.05, 0) is 38.0 Å². The molecule has 1 atom stereocenters. The van der Waals surface area contributed by atoms with Crippen LogP contribution in [0.5, 0.6) is 11.5 Å². The number of carbonyl (C=O) groups is 2. The Morgan fingerprint density at radius 2 is 2.14 bits per heavy atom. The molecular formula is C20H25N3O4S2. The van der Waals surface area contributed by atoms with Crippen LogP contribution in [0.3, 0.4) is 0 Å². The smallest absolute Gasteiger partial charge is 0.233 e. The van der Waals surface area contributed by atoms with E-state index < -0.39 is 0 Å². The fourth-order valence-corrected chi connectivity index (χ4v) is 5.61. The van der Waals surface area contributed by atoms with Gasteiger partial charge in [-0.2, -0.15) is 0 Å². The average Bonchev–Trinajstić information content (AvgIpc) is 3.32. The number of primary amides is 1. The van der Waals surface area contributed by atoms with E-state index in [4.69, 9.17) is 15.2 Å². The topological polar surface area (TPSA) is 94.8 Å². The average molecular weight is 436 g/mol. The second-order valence-corrected chi connectivity index (χ2v) is 9.08. The van der Waals surface area contributed by atoms with Crippen LogP contribution in [0.25, 0.3) is 0 Å². The first-order valence-electron chi connectivity index (χ1n) is 9.31. The quantitative estimate of drug-likeness (QED) is 0.641. The van der Waals surface area contributed by atoms with E-state index in [1.54, 1.807) is 14.2 Å². The van der Waals surface area contributed by atoms with E-state index in [9.17, 15) is 9.59 Å². The van der Waals surface area contributed by atoms with Crippen molar-refractivity contribution in [1.29, 1.82) is 0 Å². The zero-order valence-electron chi connectivity index (χ0n) is 16.8. The third-order valence-electron chi connectivity index (χ3n) is 4.90. The number of thioether (sulfide) groups is 1. The summed E-state index contributed by atoms with van der Waals surface area (Å²) < 4.78 is 11.6. The number of hydrogen-bond donors (Lipinski definition) is 1. The normalized spacial score (nSPS) is 16.1. The molecule has 156 valence electrons. The summed E-state index contributed by atoms with van der Waals surface area (Å²) in [7, 11) is 3.26. The lowest BCUT2D eigenvalue weighted by Gasteiger charge is -2.26. The number of methoxy groups -OCH3 is 2. The monoisotopic (exact) mass is 435 g/mol. The molecule has 2 heterocycles. The minimum Gasteiger partial charge on any atom is -0.497 e. The van der Waals surface area contributed by atoms with Gasteiger partial charge in [0.25, 0.3) is 0 Å². The maximum absolute atomic E-state index is 13.0. The number of nitrogens with two attached hydrogens (primary N) is 1. The number of aromatic nitrogens is 1. The van der Waals surface area contributed by atoms with Crippen LogP contribution < -0.4 is 15.2 Å². The van der Waals surface area contributed by atoms with Gasteiger partial charge in [0.2, 0.25) is 11.8 Å². The Balaban J connectivity index is 1.70. The molecule has 7 nitrogen and oxygen atoms in total. The number of amides is 2. The summed E-state index contributed by atoms with van der Waals surface area (Å²) in [6, 6.07) is 5.65. The zero-order valence-corrected chi connectivity index (χ0v) is 18.4. The summed E-state index contributed by atoms with van der Waals surface area (Å²) in [4.78, 5) is 31.3. The number of likely N-dealkylation sites (tertiary alicyclic amines) is 1. The van der Waals surface area contributed by atoms with Gasteiger partial charge in [-0.3, -0.25) is 9.59 Å². The Kier molecular flexibility index (Phi) is 7.02. The van der Waals surface area contributed by atoms with E-state index >= 15 is 0 Å². The van der Waals surface area contributed by atoms with Crippen LogP contribution in [0.2, 0.25) is 0 Å². The molecular weight excluding hydrogens is 410 g/mol. The van der Waals surface area contributed by atoms with Gasteiger partial charge in [-0.1, -0.05) is 11.8 Å². The Morgan fingerprint density at radius 1 is 1.34 bits per heavy atom. The minimum atomic E-state index is -0.378. The molecule has 0 spiro atoms. The number of nitrogens with zero attached hydrogens (tertiary/aromatic N) is 2. The van der Waals surface area contributed by atoms with Crippen molar-refractivity contribution in [2.45, 2.75) is 36.6 Å². The van der Waals surface area contributed by atoms with Crippen LogP contribution in [0.4, 0.5) is 0 Å². The molecule has 0 unspecified atom stereocenters. The Bertz CT molecular complexity index is 900. The van der Waals surface area contributed by atoms with E-state index in [0.717, 1.165) is 44.8 Å². The van der Waals surface area contributed by atoms with Crippen molar-refractivity contribution >= 4 is 34.9 Å². The second-order valence-electron chi connectivity index (χ2n) is 6.77. The first kappa shape index (κ1) is 21.4. The first-order valence-corrected chi connectivity index (χ1v) is 11.1. The Morgan fingerprint density at radius 3 is 2.83 bits per heavy atom. The van der Waals surface area contributed by atoms with Crippen molar-refractivity contribution in [3.05, 3.63) is 34.3 Å². The van der Waals surface area contributed by atoms with Gasteiger partial charge in [0.05, 0.1) is 38.1 Å². The van der Waals surface area contributed by atoms with E-state index in [1.807, 2.05) is 30.0 Å². The number of ether oxygens (including phenoxy) is 2. The zero-order chi connectivity index (χ0) is 21.0. The van der Waals surface area contributed by atoms with Gasteiger partial charge >= 0.3 is 0 Å². The highest BCUT2D eigenvalue weighted by molar-refractivity contribution is 8.01. The predicted molar refractivity (Wildman–Crippen MR) is 114 cm³/mol. The fourth-order valence-electron chi connectivity index (χ4n) is 3.48. The number of hydrogen-bond acceptors (Lipinski definition) is 7. The summed E-state index contributed by atoms with van der Waals surface area (Å²) in [5, 5.41) is 0. The molecule has 1 aliphatic rings. The standard InChI is InChI=1S/C20H25N3O4S2/c1-12-17(10-18(21)24)29-20(22-12)28-11-19(25)23-8-4-5-15(23)14-9-13(26-2)6-7-16(14)27-3/h6-7,9,15H,4-5,8,10-11H2,1-3H3,(H2,21,24)/t15-/m0/s1. The van der Waals surface area contributed by atoms with Crippen molar-refractivity contribution < 1.29 is 19.1 Å². The Labute approximate surface area is 178 Å². The number of aryl methyl sites for hydroxylation is 1. The lowest BCUT2D eigenvalue weighted by molar-refractivity contribution is -0.129. The third kappa shape index (κ3) is 5.02. The predicted octanol–water partition coefficient (Wildman–Crippen LogP) is 2.95. The molecule has 0 aliphatic carbocycles. The highest BCUT2D eigenvalue weighted by Crippen LogP contribution is 2.39. The molecule has 1 fully saturated rings. The van der Waals surface area contributed by atoms with Crippen molar-refractivity contribution in [2.24, 2.45) is 5.73 Å². The first-order chi connectivity index (χ1) is 13.9. The summed E-state index contributed by atoms with van der Waals surface area (Å²) in [6.45, 7) is 2.57. The van der Waals surface area contributed by atoms with Crippen molar-refractivity contribution in [1.82, 2.24) is 9.88 Å². The van der Waals surface area contributed by atoms with Crippen LogP contribution in [0, 0.1) is 6.92 Å². The van der Waals surface area contributed by atoms with Gasteiger partial charge in [0.15, 0.2) is 4.34 Å². The summed E-state index contributed by atoms with van der Waals surface area (Å²) in [5.41, 5.74) is 7.04. The molecule has 0 radical (unpaired) electrons. The van der Waals surface area contributed by atoms with Crippen molar-refractivity contribution in [2.75, 3.05) is 26.5 Å². The SMILES string of the molecule is COc1ccc(OC)c([C@@H]2CCCN2C(=O)CSc2nc(C)c(CC(N)=O)s2)c1. The molecule has 1 aromatic carbocycles. The summed E-state index contributed by atoms with van der Waals surface area (Å²) >= 11 is 2.82. The summed E-state index contributed by atoms with van der Waals surface area (Å²) in [6.07, 6.45) is 2.02. The van der Waals surface area contributed by atoms with Crippen molar-refractivity contribution in [3.8, 4) is 11.5 Å². The van der Waals surface area contributed by atoms with E-state index in [1.165, 1.54) is 23.1 Å². The number of rotatable bonds is 8. The van der Waals surface area contributed by atoms with Crippen molar-refractivity contribution in [3.63, 3.8) is 0 Å². The van der Waals surface area contributed by atoms with E-state index in [2.05, 4.69) is 4.98 Å². The van der Waals surface area contributed by atoms with Crippen LogP contribution in [-0.2, 0) is 16.0 Å². The molecule has 1 aliphatic heterocycles. The highest BCUT2D eigenvalue weighted by Gasteiger charge is 2.32. The lowest BCUT2D eigenvalue weighted by atomic mass is 10.0. The molecule has 0 saturated carbocycles. The van der Waals surface area contributed by atoms with Gasteiger partial charge in [0.1, 0.15) is 11.5 Å². The van der Waals surface area contributed by atoms with E-state index in [0.29, 0.717) is 12.3 Å². The maximum atomic E-state index is 13.0. The van der Waals surface area contributed by atoms with Gasteiger partial charge < -0.3 is 20.1 Å². The highest BCUT2D eigenvalue weighted by atomic mass is 32.2. The largest absolute Gasteiger partial charge is 0.497 e. The molecule has 2 amide bonds. The van der Waals surface area contributed by atoms with Crippen LogP contribution in [0.1, 0.15) is 35.0 Å². The Hall–Kier alpha value is -2.26. The molecule has 1 saturated heterocycles. The van der Waals surface area contributed by atoms with Crippen LogP contribution in [-0.4, -0.2) is 48.2 Å². The molecule has 1 aromatic heterocycles. The van der Waals surface area contributed by atoms with Crippen LogP contribution >= 0.6 is 23.1 Å². The maximum Gasteiger partial charge on any atom is 0.233 e. The van der Waals surface area contributed by atoms with Crippen LogP contribution in [0.15, 0.2) is 22.5 Å². The molecule has 29 heavy (non-hydrogen) atoms. The molecule has 9 heteroatoms. The molecule has 2 aromatic rings. The molecule has 3 rings (SSSR count). The van der Waals surface area contributed by atoms with Gasteiger partial charge in [-0.15, -0.1) is 11.3 Å². The number of carbonyl (C=O) groups excluding carboxylic acids is 2. The van der Waals surface area contributed by atoms with E-state index in [-0.39, 0.29) is 24.3 Å². The number of benzene rings is 1. The third-order valence-corrected chi connectivity index (χ3v) is 7.18. The van der Waals surface area contributed by atoms with Gasteiger partial charge in [0, 0.05) is 17.0 Å². The lowest BCUT2D eigenvalue weighted by Crippen LogP contribution is -2.32. The van der Waals surface area contributed by atoms with Gasteiger partial charge in [-0.25, -0.2) is 4.98 Å². The summed E-state index contributed by atoms with van der Waals surface area (Å²) in [5.74, 6) is 1.49. The number of thiazole rings is 1. The molecule has 2 N–H and O–H groups in total. The second kappa shape index (κ2) is 9.49. The molecule has 0 bridgehead atoms. The minimum absolute atomic E-state index is 0.0309. The fraction of sp³-hybridized carbons (Fsp3) is 0.450.